The van der Waals surface area contributed by atoms with Gasteiger partial charge in [0.2, 0.25) is 12.3 Å². The predicted octanol–water partition coefficient (Wildman–Crippen LogP) is 3.15. The van der Waals surface area contributed by atoms with Gasteiger partial charge in [0, 0.05) is 10.9 Å². The third-order valence-electron chi connectivity index (χ3n) is 4.01. The fourth-order valence-corrected chi connectivity index (χ4v) is 2.91. The molecule has 0 bridgehead atoms. The molecule has 0 radical (unpaired) electrons. The molecule has 2 aromatic heterocycles. The lowest BCUT2D eigenvalue weighted by Gasteiger charge is -2.11. The molecular formula is C18H16N4O3. The minimum atomic E-state index is 0.396. The van der Waals surface area contributed by atoms with Crippen molar-refractivity contribution in [3.05, 3.63) is 54.7 Å². The van der Waals surface area contributed by atoms with Crippen LogP contribution < -0.4 is 9.47 Å². The fraction of sp³-hybridized carbons (Fsp3) is 0.167. The first-order valence-electron chi connectivity index (χ1n) is 7.73. The Balaban J connectivity index is 1.91. The number of hydrogen-bond acceptors (Lipinski definition) is 6. The van der Waals surface area contributed by atoms with Gasteiger partial charge in [0.1, 0.15) is 12.2 Å². The van der Waals surface area contributed by atoms with Gasteiger partial charge in [-0.25, -0.2) is 0 Å². The second-order valence-electron chi connectivity index (χ2n) is 5.40. The van der Waals surface area contributed by atoms with Gasteiger partial charge in [0.05, 0.1) is 19.7 Å². The molecule has 4 rings (SSSR count). The topological polar surface area (TPSA) is 75.2 Å². The summed E-state index contributed by atoms with van der Waals surface area (Å²) < 4.78 is 18.1. The molecule has 0 saturated heterocycles. The van der Waals surface area contributed by atoms with E-state index in [9.17, 15) is 0 Å². The molecule has 0 N–H and O–H groups in total. The van der Waals surface area contributed by atoms with Crippen LogP contribution in [-0.2, 0) is 6.54 Å². The van der Waals surface area contributed by atoms with E-state index in [-0.39, 0.29) is 0 Å². The van der Waals surface area contributed by atoms with Gasteiger partial charge in [-0.2, -0.15) is 5.10 Å². The molecule has 0 fully saturated rings. The Bertz CT molecular complexity index is 1010. The first-order valence-corrected chi connectivity index (χ1v) is 7.73. The SMILES string of the molecule is COc1cccc(-c2nn(Cc3nnco3)c3ccccc23)c1OC. The van der Waals surface area contributed by atoms with E-state index < -0.39 is 0 Å². The number of ether oxygens (including phenoxy) is 2. The molecule has 0 unspecified atom stereocenters. The van der Waals surface area contributed by atoms with Crippen molar-refractivity contribution in [1.29, 1.82) is 0 Å². The summed E-state index contributed by atoms with van der Waals surface area (Å²) in [6.07, 6.45) is 1.31. The van der Waals surface area contributed by atoms with Crippen molar-refractivity contribution in [3.63, 3.8) is 0 Å². The van der Waals surface area contributed by atoms with E-state index in [0.29, 0.717) is 23.9 Å². The number of aromatic nitrogens is 4. The molecule has 0 spiro atoms. The summed E-state index contributed by atoms with van der Waals surface area (Å²) in [7, 11) is 3.24. The van der Waals surface area contributed by atoms with Crippen molar-refractivity contribution in [2.75, 3.05) is 14.2 Å². The number of benzene rings is 2. The predicted molar refractivity (Wildman–Crippen MR) is 91.7 cm³/mol. The van der Waals surface area contributed by atoms with Gasteiger partial charge in [-0.3, -0.25) is 4.68 Å². The molecule has 0 aliphatic rings. The molecule has 0 aliphatic heterocycles. The zero-order valence-electron chi connectivity index (χ0n) is 13.8. The highest BCUT2D eigenvalue weighted by Crippen LogP contribution is 2.40. The zero-order chi connectivity index (χ0) is 17.2. The molecule has 0 atom stereocenters. The molecule has 2 heterocycles. The quantitative estimate of drug-likeness (QED) is 0.557. The minimum absolute atomic E-state index is 0.396. The van der Waals surface area contributed by atoms with E-state index in [0.717, 1.165) is 22.2 Å². The van der Waals surface area contributed by atoms with E-state index in [1.165, 1.54) is 6.39 Å². The maximum atomic E-state index is 5.57. The monoisotopic (exact) mass is 336 g/mol. The first-order chi connectivity index (χ1) is 12.3. The summed E-state index contributed by atoms with van der Waals surface area (Å²) >= 11 is 0. The van der Waals surface area contributed by atoms with Crippen molar-refractivity contribution in [2.24, 2.45) is 0 Å². The average Bonchev–Trinajstić information content (AvgIpc) is 3.29. The van der Waals surface area contributed by atoms with Crippen LogP contribution in [0.1, 0.15) is 5.89 Å². The van der Waals surface area contributed by atoms with Crippen molar-refractivity contribution < 1.29 is 13.9 Å². The molecule has 126 valence electrons. The summed E-state index contributed by atoms with van der Waals surface area (Å²) in [6.45, 7) is 0.396. The Morgan fingerprint density at radius 2 is 1.92 bits per heavy atom. The zero-order valence-corrected chi connectivity index (χ0v) is 13.8. The molecule has 7 nitrogen and oxygen atoms in total. The lowest BCUT2D eigenvalue weighted by atomic mass is 10.1. The number of fused-ring (bicyclic) bond motifs is 1. The number of methoxy groups -OCH3 is 2. The van der Waals surface area contributed by atoms with Crippen molar-refractivity contribution in [1.82, 2.24) is 20.0 Å². The average molecular weight is 336 g/mol. The fourth-order valence-electron chi connectivity index (χ4n) is 2.91. The van der Waals surface area contributed by atoms with Crippen molar-refractivity contribution >= 4 is 10.9 Å². The van der Waals surface area contributed by atoms with Gasteiger partial charge in [-0.05, 0) is 18.2 Å². The number of hydrogen-bond donors (Lipinski definition) is 0. The van der Waals surface area contributed by atoms with Crippen LogP contribution >= 0.6 is 0 Å². The van der Waals surface area contributed by atoms with Gasteiger partial charge >= 0.3 is 0 Å². The largest absolute Gasteiger partial charge is 0.493 e. The van der Waals surface area contributed by atoms with Gasteiger partial charge in [0.15, 0.2) is 11.5 Å². The smallest absolute Gasteiger partial charge is 0.237 e. The maximum absolute atomic E-state index is 5.57. The molecule has 4 aromatic rings. The summed E-state index contributed by atoms with van der Waals surface area (Å²) in [6, 6.07) is 13.7. The summed E-state index contributed by atoms with van der Waals surface area (Å²) in [5, 5.41) is 13.4. The second kappa shape index (κ2) is 6.27. The van der Waals surface area contributed by atoms with E-state index in [4.69, 9.17) is 19.0 Å². The number of rotatable bonds is 5. The van der Waals surface area contributed by atoms with Crippen LogP contribution in [0.2, 0.25) is 0 Å². The van der Waals surface area contributed by atoms with Crippen molar-refractivity contribution in [3.8, 4) is 22.8 Å². The van der Waals surface area contributed by atoms with E-state index in [1.807, 2.05) is 47.1 Å². The normalized spacial score (nSPS) is 11.0. The summed E-state index contributed by atoms with van der Waals surface area (Å²) in [4.78, 5) is 0. The number of nitrogens with zero attached hydrogens (tertiary/aromatic N) is 4. The molecule has 2 aromatic carbocycles. The van der Waals surface area contributed by atoms with Crippen LogP contribution in [0.25, 0.3) is 22.2 Å². The molecule has 0 aliphatic carbocycles. The highest BCUT2D eigenvalue weighted by atomic mass is 16.5. The standard InChI is InChI=1S/C18H16N4O3/c1-23-15-9-5-7-13(18(15)24-2)17-12-6-3-4-8-14(12)22(21-17)10-16-20-19-11-25-16/h3-9,11H,10H2,1-2H3. The van der Waals surface area contributed by atoms with Crippen LogP contribution in [0.4, 0.5) is 0 Å². The lowest BCUT2D eigenvalue weighted by Crippen LogP contribution is -2.02. The Kier molecular flexibility index (Phi) is 3.81. The second-order valence-corrected chi connectivity index (χ2v) is 5.40. The minimum Gasteiger partial charge on any atom is -0.493 e. The van der Waals surface area contributed by atoms with Crippen LogP contribution in [0.3, 0.4) is 0 Å². The van der Waals surface area contributed by atoms with E-state index in [2.05, 4.69) is 10.2 Å². The maximum Gasteiger partial charge on any atom is 0.237 e. The van der Waals surface area contributed by atoms with Crippen LogP contribution in [-0.4, -0.2) is 34.2 Å². The number of para-hydroxylation sites is 2. The van der Waals surface area contributed by atoms with E-state index >= 15 is 0 Å². The lowest BCUT2D eigenvalue weighted by molar-refractivity contribution is 0.356. The summed E-state index contributed by atoms with van der Waals surface area (Å²) in [5.41, 5.74) is 2.65. The Morgan fingerprint density at radius 3 is 2.68 bits per heavy atom. The Morgan fingerprint density at radius 1 is 1.04 bits per heavy atom. The van der Waals surface area contributed by atoms with Crippen LogP contribution in [0.5, 0.6) is 11.5 Å². The Hall–Kier alpha value is -3.35. The molecule has 7 heteroatoms. The Labute approximate surface area is 143 Å². The molecule has 0 saturated carbocycles. The van der Waals surface area contributed by atoms with Crippen molar-refractivity contribution in [2.45, 2.75) is 6.54 Å². The van der Waals surface area contributed by atoms with Gasteiger partial charge in [-0.1, -0.05) is 24.3 Å². The summed E-state index contributed by atoms with van der Waals surface area (Å²) in [5.74, 6) is 1.81. The molecule has 25 heavy (non-hydrogen) atoms. The van der Waals surface area contributed by atoms with Gasteiger partial charge < -0.3 is 13.9 Å². The third kappa shape index (κ3) is 2.59. The van der Waals surface area contributed by atoms with E-state index in [1.54, 1.807) is 14.2 Å². The van der Waals surface area contributed by atoms with Gasteiger partial charge in [0.25, 0.3) is 0 Å². The third-order valence-corrected chi connectivity index (χ3v) is 4.01. The highest BCUT2D eigenvalue weighted by molar-refractivity contribution is 5.95. The van der Waals surface area contributed by atoms with Crippen LogP contribution in [0, 0.1) is 0 Å². The first kappa shape index (κ1) is 15.2. The molecular weight excluding hydrogens is 320 g/mol. The van der Waals surface area contributed by atoms with Crippen LogP contribution in [0.15, 0.2) is 53.3 Å². The van der Waals surface area contributed by atoms with Gasteiger partial charge in [-0.15, -0.1) is 10.2 Å². The molecule has 0 amide bonds. The highest BCUT2D eigenvalue weighted by Gasteiger charge is 2.19.